The van der Waals surface area contributed by atoms with Crippen molar-refractivity contribution in [2.75, 3.05) is 32.5 Å². The highest BCUT2D eigenvalue weighted by molar-refractivity contribution is 6.33. The summed E-state index contributed by atoms with van der Waals surface area (Å²) in [4.78, 5) is 10.7. The lowest BCUT2D eigenvalue weighted by Gasteiger charge is -2.17. The molecule has 2 aromatic carbocycles. The van der Waals surface area contributed by atoms with Gasteiger partial charge in [0.15, 0.2) is 0 Å². The third kappa shape index (κ3) is 5.24. The van der Waals surface area contributed by atoms with Crippen molar-refractivity contribution < 1.29 is 9.50 Å². The Hall–Kier alpha value is -3.00. The fourth-order valence-corrected chi connectivity index (χ4v) is 3.86. The summed E-state index contributed by atoms with van der Waals surface area (Å²) < 4.78 is 15.6. The van der Waals surface area contributed by atoms with E-state index in [-0.39, 0.29) is 5.82 Å². The molecule has 0 radical (unpaired) electrons. The smallest absolute Gasteiger partial charge is 0.126 e. The second-order valence-corrected chi connectivity index (χ2v) is 8.46. The van der Waals surface area contributed by atoms with Crippen LogP contribution in [0.4, 0.5) is 10.2 Å². The first-order valence-corrected chi connectivity index (χ1v) is 10.7. The summed E-state index contributed by atoms with van der Waals surface area (Å²) in [5.74, 6) is 0.377. The number of aromatic nitrogens is 3. The van der Waals surface area contributed by atoms with Crippen molar-refractivity contribution in [1.29, 1.82) is 0 Å². The maximum absolute atomic E-state index is 13.6. The summed E-state index contributed by atoms with van der Waals surface area (Å²) in [6.45, 7) is 1.45. The molecule has 0 amide bonds. The van der Waals surface area contributed by atoms with E-state index in [0.29, 0.717) is 30.5 Å². The van der Waals surface area contributed by atoms with Crippen LogP contribution in [0.1, 0.15) is 5.56 Å². The number of anilines is 1. The number of benzene rings is 2. The Kier molecular flexibility index (Phi) is 6.69. The number of imidazole rings is 1. The van der Waals surface area contributed by atoms with Gasteiger partial charge in [0.25, 0.3) is 0 Å². The van der Waals surface area contributed by atoms with E-state index in [0.717, 1.165) is 27.7 Å². The second kappa shape index (κ2) is 9.65. The first-order valence-electron chi connectivity index (χ1n) is 10.3. The van der Waals surface area contributed by atoms with Crippen molar-refractivity contribution in [3.63, 3.8) is 0 Å². The van der Waals surface area contributed by atoms with E-state index in [4.69, 9.17) is 11.6 Å². The maximum Gasteiger partial charge on any atom is 0.126 e. The van der Waals surface area contributed by atoms with Gasteiger partial charge in [0.2, 0.25) is 0 Å². The molecule has 2 heterocycles. The van der Waals surface area contributed by atoms with Crippen LogP contribution in [0.25, 0.3) is 22.2 Å². The zero-order valence-electron chi connectivity index (χ0n) is 18.0. The molecule has 0 saturated carbocycles. The molecular formula is C24H25ClFN5O. The minimum absolute atomic E-state index is 0.257. The van der Waals surface area contributed by atoms with Crippen molar-refractivity contribution in [2.24, 2.45) is 0 Å². The van der Waals surface area contributed by atoms with Crippen LogP contribution in [0.2, 0.25) is 5.02 Å². The number of nitrogens with one attached hydrogen (secondary N) is 1. The number of pyridine rings is 1. The lowest BCUT2D eigenvalue weighted by molar-refractivity contribution is 0.148. The molecule has 2 aromatic heterocycles. The van der Waals surface area contributed by atoms with Crippen molar-refractivity contribution in [1.82, 2.24) is 19.4 Å². The van der Waals surface area contributed by atoms with Crippen molar-refractivity contribution in [3.8, 4) is 11.1 Å². The Bertz CT molecular complexity index is 1230. The highest BCUT2D eigenvalue weighted by atomic mass is 35.5. The number of halogens is 2. The maximum atomic E-state index is 13.6. The number of likely N-dealkylation sites (N-methyl/N-ethyl adjacent to an activating group) is 1. The minimum atomic E-state index is -0.514. The van der Waals surface area contributed by atoms with E-state index in [9.17, 15) is 9.50 Å². The molecule has 0 bridgehead atoms. The number of hydrogen-bond acceptors (Lipinski definition) is 5. The Morgan fingerprint density at radius 2 is 2.00 bits per heavy atom. The van der Waals surface area contributed by atoms with Crippen molar-refractivity contribution >= 4 is 28.5 Å². The molecule has 0 aliphatic carbocycles. The average molecular weight is 454 g/mol. The lowest BCUT2D eigenvalue weighted by Crippen LogP contribution is -2.31. The fraction of sp³-hybridized carbons (Fsp3) is 0.250. The van der Waals surface area contributed by atoms with Crippen LogP contribution < -0.4 is 5.32 Å². The van der Waals surface area contributed by atoms with Crippen LogP contribution in [0.5, 0.6) is 0 Å². The van der Waals surface area contributed by atoms with E-state index < -0.39 is 6.10 Å². The van der Waals surface area contributed by atoms with Crippen LogP contribution in [0.3, 0.4) is 0 Å². The lowest BCUT2D eigenvalue weighted by atomic mass is 10.1. The van der Waals surface area contributed by atoms with E-state index in [1.807, 2.05) is 53.9 Å². The molecule has 0 fully saturated rings. The number of nitrogens with zero attached hydrogens (tertiary/aromatic N) is 4. The van der Waals surface area contributed by atoms with Gasteiger partial charge in [-0.15, -0.1) is 0 Å². The Morgan fingerprint density at radius 1 is 1.16 bits per heavy atom. The summed E-state index contributed by atoms with van der Waals surface area (Å²) in [7, 11) is 3.83. The molecule has 0 aliphatic rings. The van der Waals surface area contributed by atoms with Gasteiger partial charge < -0.3 is 19.9 Å². The average Bonchev–Trinajstić information content (AvgIpc) is 3.14. The molecule has 8 heteroatoms. The highest BCUT2D eigenvalue weighted by Crippen LogP contribution is 2.31. The Morgan fingerprint density at radius 3 is 2.78 bits per heavy atom. The standard InChI is InChI=1S/C24H25ClFN5O/c1-30(2)14-19(32)11-27-24-10-20(21(25)12-28-24)17-6-7-22-23(9-17)31(15-29-22)13-16-4-3-5-18(26)8-16/h3-10,12,15,19,32H,11,13-14H2,1-2H3,(H,27,28). The van der Waals surface area contributed by atoms with Crippen LogP contribution in [-0.4, -0.2) is 57.8 Å². The SMILES string of the molecule is CN(C)CC(O)CNc1cc(-c2ccc3ncn(Cc4cccc(F)c4)c3c2)c(Cl)cn1. The van der Waals surface area contributed by atoms with Gasteiger partial charge in [-0.25, -0.2) is 14.4 Å². The van der Waals surface area contributed by atoms with Gasteiger partial charge in [-0.2, -0.15) is 0 Å². The predicted molar refractivity (Wildman–Crippen MR) is 127 cm³/mol. The molecule has 0 saturated heterocycles. The van der Waals surface area contributed by atoms with Gasteiger partial charge in [-0.1, -0.05) is 29.8 Å². The van der Waals surface area contributed by atoms with Crippen molar-refractivity contribution in [2.45, 2.75) is 12.6 Å². The van der Waals surface area contributed by atoms with Crippen molar-refractivity contribution in [3.05, 3.63) is 77.5 Å². The molecular weight excluding hydrogens is 429 g/mol. The third-order valence-corrected chi connectivity index (χ3v) is 5.43. The molecule has 2 N–H and O–H groups in total. The topological polar surface area (TPSA) is 66.2 Å². The largest absolute Gasteiger partial charge is 0.390 e. The van der Waals surface area contributed by atoms with Crippen LogP contribution in [0.15, 0.2) is 61.1 Å². The number of aliphatic hydroxyl groups excluding tert-OH is 1. The normalized spacial score (nSPS) is 12.4. The molecule has 166 valence electrons. The van der Waals surface area contributed by atoms with Gasteiger partial charge in [-0.05, 0) is 55.6 Å². The van der Waals surface area contributed by atoms with E-state index in [1.54, 1.807) is 18.6 Å². The monoisotopic (exact) mass is 453 g/mol. The molecule has 4 rings (SSSR count). The molecule has 32 heavy (non-hydrogen) atoms. The Balaban J connectivity index is 1.60. The first-order chi connectivity index (χ1) is 15.4. The number of rotatable bonds is 8. The van der Waals surface area contributed by atoms with Crippen LogP contribution in [-0.2, 0) is 6.54 Å². The van der Waals surface area contributed by atoms with Crippen LogP contribution >= 0.6 is 11.6 Å². The van der Waals surface area contributed by atoms with Gasteiger partial charge in [0.1, 0.15) is 11.6 Å². The quantitative estimate of drug-likeness (QED) is 0.417. The molecule has 4 aromatic rings. The number of fused-ring (bicyclic) bond motifs is 1. The number of aliphatic hydroxyl groups is 1. The summed E-state index contributed by atoms with van der Waals surface area (Å²) in [5.41, 5.74) is 4.38. The zero-order chi connectivity index (χ0) is 22.7. The predicted octanol–water partition coefficient (Wildman–Crippen LogP) is 4.27. The van der Waals surface area contributed by atoms with Crippen LogP contribution in [0, 0.1) is 5.82 Å². The van der Waals surface area contributed by atoms with Gasteiger partial charge >= 0.3 is 0 Å². The molecule has 6 nitrogen and oxygen atoms in total. The number of hydrogen-bond donors (Lipinski definition) is 2. The molecule has 1 unspecified atom stereocenters. The summed E-state index contributed by atoms with van der Waals surface area (Å²) in [6.07, 6.45) is 2.85. The van der Waals surface area contributed by atoms with Gasteiger partial charge in [-0.3, -0.25) is 0 Å². The first kappa shape index (κ1) is 22.2. The second-order valence-electron chi connectivity index (χ2n) is 8.05. The third-order valence-electron chi connectivity index (χ3n) is 5.12. The summed E-state index contributed by atoms with van der Waals surface area (Å²) in [6, 6.07) is 14.4. The van der Waals surface area contributed by atoms with Gasteiger partial charge in [0.05, 0.1) is 28.5 Å². The van der Waals surface area contributed by atoms with E-state index >= 15 is 0 Å². The minimum Gasteiger partial charge on any atom is -0.390 e. The Labute approximate surface area is 191 Å². The van der Waals surface area contributed by atoms with E-state index in [2.05, 4.69) is 15.3 Å². The zero-order valence-corrected chi connectivity index (χ0v) is 18.7. The molecule has 1 atom stereocenters. The summed E-state index contributed by atoms with van der Waals surface area (Å²) in [5, 5.41) is 13.8. The highest BCUT2D eigenvalue weighted by Gasteiger charge is 2.11. The fourth-order valence-electron chi connectivity index (χ4n) is 3.65. The molecule has 0 spiro atoms. The molecule has 0 aliphatic heterocycles. The van der Waals surface area contributed by atoms with Gasteiger partial charge in [0, 0.05) is 31.4 Å². The van der Waals surface area contributed by atoms with E-state index in [1.165, 1.54) is 12.1 Å². The summed E-state index contributed by atoms with van der Waals surface area (Å²) >= 11 is 6.46.